The molecule has 1 heterocycles. The van der Waals surface area contributed by atoms with Crippen molar-refractivity contribution in [1.82, 2.24) is 0 Å². The van der Waals surface area contributed by atoms with Gasteiger partial charge in [0.2, 0.25) is 0 Å². The predicted molar refractivity (Wildman–Crippen MR) is 126 cm³/mol. The summed E-state index contributed by atoms with van der Waals surface area (Å²) in [7, 11) is 0. The molecule has 33 heavy (non-hydrogen) atoms. The van der Waals surface area contributed by atoms with E-state index < -0.39 is 30.2 Å². The van der Waals surface area contributed by atoms with Crippen molar-refractivity contribution in [2.75, 3.05) is 6.61 Å². The minimum absolute atomic E-state index is 0.178. The van der Waals surface area contributed by atoms with Crippen LogP contribution in [-0.4, -0.2) is 35.8 Å². The van der Waals surface area contributed by atoms with Crippen molar-refractivity contribution in [3.63, 3.8) is 0 Å². The first-order valence-electron chi connectivity index (χ1n) is 11.4. The Morgan fingerprint density at radius 3 is 1.91 bits per heavy atom. The molecule has 0 bridgehead atoms. The smallest absolute Gasteiger partial charge is 0.164 e. The van der Waals surface area contributed by atoms with E-state index in [2.05, 4.69) is 0 Å². The van der Waals surface area contributed by atoms with Crippen LogP contribution >= 0.6 is 0 Å². The van der Waals surface area contributed by atoms with Gasteiger partial charge in [0.05, 0.1) is 19.8 Å². The quantitative estimate of drug-likeness (QED) is 0.497. The second-order valence-electron chi connectivity index (χ2n) is 8.71. The molecule has 4 atom stereocenters. The number of benzene rings is 3. The topological polar surface area (TPSA) is 57.2 Å². The molecule has 0 unspecified atom stereocenters. The Morgan fingerprint density at radius 1 is 0.788 bits per heavy atom. The molecule has 0 aliphatic carbocycles. The Hall–Kier alpha value is -2.54. The molecule has 0 saturated carbocycles. The highest BCUT2D eigenvalue weighted by atomic mass is 16.7. The second-order valence-corrected chi connectivity index (χ2v) is 8.71. The fourth-order valence-electron chi connectivity index (χ4n) is 4.19. The van der Waals surface area contributed by atoms with Crippen LogP contribution in [0.5, 0.6) is 0 Å². The zero-order valence-electron chi connectivity index (χ0n) is 19.2. The van der Waals surface area contributed by atoms with Crippen LogP contribution in [0.25, 0.3) is 0 Å². The lowest BCUT2D eigenvalue weighted by atomic mass is 9.94. The summed E-state index contributed by atoms with van der Waals surface area (Å²) in [5, 5.41) is 10.2. The molecule has 0 radical (unpaired) electrons. The highest BCUT2D eigenvalue weighted by Gasteiger charge is 2.48. The summed E-state index contributed by atoms with van der Waals surface area (Å²) >= 11 is 0. The number of aliphatic hydroxyl groups excluding tert-OH is 1. The molecule has 1 aliphatic heterocycles. The van der Waals surface area contributed by atoms with Crippen LogP contribution in [0.1, 0.15) is 36.6 Å². The van der Waals surface area contributed by atoms with Crippen LogP contribution in [0.4, 0.5) is 0 Å². The van der Waals surface area contributed by atoms with Crippen LogP contribution in [-0.2, 0) is 32.2 Å². The third-order valence-corrected chi connectivity index (χ3v) is 5.71. The molecule has 1 aliphatic rings. The van der Waals surface area contributed by atoms with E-state index in [4.69, 9.17) is 18.9 Å². The van der Waals surface area contributed by atoms with Gasteiger partial charge in [0, 0.05) is 0 Å². The standard InChI is InChI=1S/C28H32O5/c1-28(2)32-24(18-29)26(31-20-22-14-8-4-9-15-22)27(33-28)25(23-16-10-5-11-17-23)30-19-21-12-6-3-7-13-21/h3-17,24-27,29H,18-20H2,1-2H3/t24-,25+,26+,27+/m0/s1. The van der Waals surface area contributed by atoms with Gasteiger partial charge in [-0.2, -0.15) is 0 Å². The second kappa shape index (κ2) is 11.1. The number of hydrogen-bond donors (Lipinski definition) is 1. The van der Waals surface area contributed by atoms with Gasteiger partial charge in [-0.1, -0.05) is 91.0 Å². The zero-order valence-corrected chi connectivity index (χ0v) is 19.2. The first kappa shape index (κ1) is 23.6. The van der Waals surface area contributed by atoms with Gasteiger partial charge in [0.25, 0.3) is 0 Å². The monoisotopic (exact) mass is 448 g/mol. The third kappa shape index (κ3) is 6.28. The molecule has 174 valence electrons. The van der Waals surface area contributed by atoms with Crippen molar-refractivity contribution in [3.8, 4) is 0 Å². The van der Waals surface area contributed by atoms with Gasteiger partial charge in [0.1, 0.15) is 24.4 Å². The molecule has 3 aromatic rings. The molecule has 3 aromatic carbocycles. The summed E-state index contributed by atoms with van der Waals surface area (Å²) in [6.45, 7) is 4.34. The Balaban J connectivity index is 1.63. The van der Waals surface area contributed by atoms with Gasteiger partial charge < -0.3 is 24.1 Å². The number of aliphatic hydroxyl groups is 1. The molecule has 1 N–H and O–H groups in total. The maximum atomic E-state index is 10.2. The molecule has 0 amide bonds. The summed E-state index contributed by atoms with van der Waals surface area (Å²) in [6, 6.07) is 30.0. The van der Waals surface area contributed by atoms with Gasteiger partial charge in [0.15, 0.2) is 5.79 Å². The van der Waals surface area contributed by atoms with E-state index in [1.54, 1.807) is 0 Å². The van der Waals surface area contributed by atoms with Crippen molar-refractivity contribution in [1.29, 1.82) is 0 Å². The van der Waals surface area contributed by atoms with Gasteiger partial charge in [-0.05, 0) is 30.5 Å². The summed E-state index contributed by atoms with van der Waals surface area (Å²) in [5.41, 5.74) is 3.10. The Bertz CT molecular complexity index is 961. The van der Waals surface area contributed by atoms with Gasteiger partial charge in [-0.25, -0.2) is 0 Å². The average molecular weight is 449 g/mol. The molecule has 0 aromatic heterocycles. The zero-order chi connectivity index (χ0) is 23.1. The first-order valence-corrected chi connectivity index (χ1v) is 11.4. The van der Waals surface area contributed by atoms with E-state index in [9.17, 15) is 5.11 Å². The van der Waals surface area contributed by atoms with Crippen LogP contribution in [0, 0.1) is 0 Å². The molecule has 0 spiro atoms. The Labute approximate surface area is 195 Å². The first-order chi connectivity index (χ1) is 16.1. The van der Waals surface area contributed by atoms with E-state index in [0.717, 1.165) is 16.7 Å². The molecule has 5 nitrogen and oxygen atoms in total. The molecule has 1 saturated heterocycles. The number of hydrogen-bond acceptors (Lipinski definition) is 5. The molecule has 4 rings (SSSR count). The normalized spacial score (nSPS) is 23.2. The van der Waals surface area contributed by atoms with Crippen molar-refractivity contribution in [3.05, 3.63) is 108 Å². The summed E-state index contributed by atoms with van der Waals surface area (Å²) in [5.74, 6) is -0.895. The van der Waals surface area contributed by atoms with Gasteiger partial charge >= 0.3 is 0 Å². The van der Waals surface area contributed by atoms with Crippen molar-refractivity contribution < 1.29 is 24.1 Å². The Kier molecular flexibility index (Phi) is 7.91. The van der Waals surface area contributed by atoms with Crippen molar-refractivity contribution >= 4 is 0 Å². The maximum absolute atomic E-state index is 10.2. The highest BCUT2D eigenvalue weighted by molar-refractivity contribution is 5.21. The minimum Gasteiger partial charge on any atom is -0.394 e. The van der Waals surface area contributed by atoms with E-state index in [1.165, 1.54) is 0 Å². The number of rotatable bonds is 9. The lowest BCUT2D eigenvalue weighted by molar-refractivity contribution is -0.359. The van der Waals surface area contributed by atoms with Gasteiger partial charge in [-0.15, -0.1) is 0 Å². The maximum Gasteiger partial charge on any atom is 0.164 e. The fourth-order valence-corrected chi connectivity index (χ4v) is 4.19. The van der Waals surface area contributed by atoms with E-state index in [-0.39, 0.29) is 6.61 Å². The van der Waals surface area contributed by atoms with Crippen LogP contribution in [0.2, 0.25) is 0 Å². The van der Waals surface area contributed by atoms with E-state index in [1.807, 2.05) is 105 Å². The van der Waals surface area contributed by atoms with E-state index in [0.29, 0.717) is 13.2 Å². The lowest BCUT2D eigenvalue weighted by Crippen LogP contribution is -2.58. The van der Waals surface area contributed by atoms with E-state index >= 15 is 0 Å². The Morgan fingerprint density at radius 2 is 1.33 bits per heavy atom. The molecular formula is C28H32O5. The lowest BCUT2D eigenvalue weighted by Gasteiger charge is -2.47. The summed E-state index contributed by atoms with van der Waals surface area (Å²) < 4.78 is 25.3. The fraction of sp³-hybridized carbons (Fsp3) is 0.357. The largest absolute Gasteiger partial charge is 0.394 e. The minimum atomic E-state index is -0.895. The molecular weight excluding hydrogens is 416 g/mol. The third-order valence-electron chi connectivity index (χ3n) is 5.71. The van der Waals surface area contributed by atoms with Crippen LogP contribution in [0.15, 0.2) is 91.0 Å². The van der Waals surface area contributed by atoms with Crippen molar-refractivity contribution in [2.45, 2.75) is 57.3 Å². The predicted octanol–water partition coefficient (Wildman–Crippen LogP) is 5.04. The number of ether oxygens (including phenoxy) is 4. The summed E-state index contributed by atoms with van der Waals surface area (Å²) in [4.78, 5) is 0. The van der Waals surface area contributed by atoms with Crippen LogP contribution in [0.3, 0.4) is 0 Å². The van der Waals surface area contributed by atoms with Crippen LogP contribution < -0.4 is 0 Å². The highest BCUT2D eigenvalue weighted by Crippen LogP contribution is 2.38. The molecule has 1 fully saturated rings. The molecule has 5 heteroatoms. The average Bonchev–Trinajstić information content (AvgIpc) is 2.85. The SMILES string of the molecule is CC1(C)O[C@H]([C@H](OCc2ccccc2)c2ccccc2)[C@H](OCc2ccccc2)[C@H](CO)O1. The summed E-state index contributed by atoms with van der Waals surface area (Å²) in [6.07, 6.45) is -1.97. The van der Waals surface area contributed by atoms with Crippen molar-refractivity contribution in [2.24, 2.45) is 0 Å². The van der Waals surface area contributed by atoms with Gasteiger partial charge in [-0.3, -0.25) is 0 Å².